The molecule has 0 spiro atoms. The van der Waals surface area contributed by atoms with Gasteiger partial charge in [-0.2, -0.15) is 5.10 Å². The minimum Gasteiger partial charge on any atom is -0.481 e. The summed E-state index contributed by atoms with van der Waals surface area (Å²) in [7, 11) is 0. The Balaban J connectivity index is 1.79. The van der Waals surface area contributed by atoms with Crippen molar-refractivity contribution in [2.45, 2.75) is 27.2 Å². The van der Waals surface area contributed by atoms with E-state index in [-0.39, 0.29) is 18.2 Å². The van der Waals surface area contributed by atoms with Crippen LogP contribution in [-0.4, -0.2) is 44.8 Å². The molecule has 0 bridgehead atoms. The number of amides is 1. The molecule has 0 unspecified atom stereocenters. The van der Waals surface area contributed by atoms with Crippen molar-refractivity contribution in [2.75, 3.05) is 13.1 Å². The maximum atomic E-state index is 12.7. The fraction of sp³-hybridized carbons (Fsp3) is 0.421. The minimum atomic E-state index is -0.827. The first-order valence-electron chi connectivity index (χ1n) is 8.49. The summed E-state index contributed by atoms with van der Waals surface area (Å²) in [6.45, 7) is 6.54. The quantitative estimate of drug-likeness (QED) is 0.925. The van der Waals surface area contributed by atoms with E-state index in [0.29, 0.717) is 13.1 Å². The highest BCUT2D eigenvalue weighted by Crippen LogP contribution is 2.25. The summed E-state index contributed by atoms with van der Waals surface area (Å²) >= 11 is 0. The number of para-hydroxylation sites is 1. The number of aliphatic carboxylic acids is 1. The molecule has 0 saturated carbocycles. The van der Waals surface area contributed by atoms with Gasteiger partial charge in [0, 0.05) is 24.3 Å². The first-order chi connectivity index (χ1) is 11.9. The van der Waals surface area contributed by atoms with Gasteiger partial charge in [0.05, 0.1) is 23.7 Å². The molecule has 1 aromatic carbocycles. The highest BCUT2D eigenvalue weighted by molar-refractivity contribution is 5.81. The Kier molecular flexibility index (Phi) is 4.61. The first-order valence-corrected chi connectivity index (χ1v) is 8.49. The zero-order valence-corrected chi connectivity index (χ0v) is 14.8. The summed E-state index contributed by atoms with van der Waals surface area (Å²) < 4.78 is 1.85. The van der Waals surface area contributed by atoms with Crippen molar-refractivity contribution in [3.8, 4) is 5.69 Å². The van der Waals surface area contributed by atoms with E-state index in [9.17, 15) is 14.7 Å². The molecule has 25 heavy (non-hydrogen) atoms. The average molecular weight is 341 g/mol. The number of carboxylic acid groups (broad SMARTS) is 1. The third kappa shape index (κ3) is 3.29. The fourth-order valence-electron chi connectivity index (χ4n) is 3.51. The molecule has 2 heterocycles. The largest absolute Gasteiger partial charge is 0.481 e. The molecule has 1 aliphatic rings. The summed E-state index contributed by atoms with van der Waals surface area (Å²) in [6, 6.07) is 9.81. The van der Waals surface area contributed by atoms with Gasteiger partial charge in [-0.3, -0.25) is 9.59 Å². The van der Waals surface area contributed by atoms with Crippen LogP contribution >= 0.6 is 0 Å². The predicted molar refractivity (Wildman–Crippen MR) is 93.6 cm³/mol. The van der Waals surface area contributed by atoms with Crippen molar-refractivity contribution in [3.05, 3.63) is 47.3 Å². The van der Waals surface area contributed by atoms with Gasteiger partial charge in [-0.1, -0.05) is 25.1 Å². The van der Waals surface area contributed by atoms with E-state index in [4.69, 9.17) is 0 Å². The first kappa shape index (κ1) is 17.2. The van der Waals surface area contributed by atoms with E-state index in [0.717, 1.165) is 22.6 Å². The van der Waals surface area contributed by atoms with Gasteiger partial charge in [-0.05, 0) is 31.9 Å². The maximum Gasteiger partial charge on any atom is 0.308 e. The fourth-order valence-corrected chi connectivity index (χ4v) is 3.51. The van der Waals surface area contributed by atoms with Crippen LogP contribution in [0.1, 0.15) is 23.9 Å². The monoisotopic (exact) mass is 341 g/mol. The van der Waals surface area contributed by atoms with Crippen molar-refractivity contribution < 1.29 is 14.7 Å². The second-order valence-electron chi connectivity index (χ2n) is 6.79. The number of likely N-dealkylation sites (tertiary alicyclic amines) is 1. The van der Waals surface area contributed by atoms with Crippen LogP contribution in [0.25, 0.3) is 5.69 Å². The second kappa shape index (κ2) is 6.70. The Morgan fingerprint density at radius 1 is 1.20 bits per heavy atom. The molecule has 1 aliphatic heterocycles. The molecule has 0 aliphatic carbocycles. The lowest BCUT2D eigenvalue weighted by atomic mass is 9.99. The molecule has 2 atom stereocenters. The summed E-state index contributed by atoms with van der Waals surface area (Å²) in [5, 5.41) is 13.8. The molecule has 3 rings (SSSR count). The number of nitrogens with zero attached hydrogens (tertiary/aromatic N) is 3. The number of hydrogen-bond donors (Lipinski definition) is 1. The standard InChI is InChI=1S/C19H23N3O3/c1-12-10-21(11-17(12)19(24)25)18(23)9-16-13(2)20-22(14(16)3)15-7-5-4-6-8-15/h4-8,12,17H,9-11H2,1-3H3,(H,24,25)/t12-,17-/m1/s1. The van der Waals surface area contributed by atoms with Gasteiger partial charge in [-0.15, -0.1) is 0 Å². The van der Waals surface area contributed by atoms with Crippen LogP contribution in [0.4, 0.5) is 0 Å². The van der Waals surface area contributed by atoms with Gasteiger partial charge in [0.15, 0.2) is 0 Å². The molecule has 1 N–H and O–H groups in total. The molecule has 6 nitrogen and oxygen atoms in total. The summed E-state index contributed by atoms with van der Waals surface area (Å²) in [5.74, 6) is -1.35. The van der Waals surface area contributed by atoms with Gasteiger partial charge >= 0.3 is 5.97 Å². The van der Waals surface area contributed by atoms with Crippen molar-refractivity contribution >= 4 is 11.9 Å². The van der Waals surface area contributed by atoms with E-state index in [1.54, 1.807) is 4.90 Å². The van der Waals surface area contributed by atoms with Crippen LogP contribution in [0.5, 0.6) is 0 Å². The highest BCUT2D eigenvalue weighted by atomic mass is 16.4. The SMILES string of the molecule is Cc1nn(-c2ccccc2)c(C)c1CC(=O)N1C[C@@H](C)[C@H](C(=O)O)C1. The summed E-state index contributed by atoms with van der Waals surface area (Å²) in [6.07, 6.45) is 0.254. The molecule has 0 radical (unpaired) electrons. The second-order valence-corrected chi connectivity index (χ2v) is 6.79. The number of aryl methyl sites for hydroxylation is 1. The number of benzene rings is 1. The Labute approximate surface area is 147 Å². The Morgan fingerprint density at radius 3 is 2.48 bits per heavy atom. The van der Waals surface area contributed by atoms with Crippen molar-refractivity contribution in [1.29, 1.82) is 0 Å². The molecular formula is C19H23N3O3. The molecule has 6 heteroatoms. The van der Waals surface area contributed by atoms with Crippen molar-refractivity contribution in [3.63, 3.8) is 0 Å². The van der Waals surface area contributed by atoms with Crippen LogP contribution in [0.2, 0.25) is 0 Å². The van der Waals surface area contributed by atoms with Gasteiger partial charge in [0.2, 0.25) is 5.91 Å². The summed E-state index contributed by atoms with van der Waals surface area (Å²) in [5.41, 5.74) is 3.65. The maximum absolute atomic E-state index is 12.7. The van der Waals surface area contributed by atoms with Crippen LogP contribution in [0.3, 0.4) is 0 Å². The van der Waals surface area contributed by atoms with Gasteiger partial charge < -0.3 is 10.0 Å². The van der Waals surface area contributed by atoms with E-state index in [2.05, 4.69) is 5.10 Å². The number of rotatable bonds is 4. The van der Waals surface area contributed by atoms with Gasteiger partial charge in [-0.25, -0.2) is 4.68 Å². The minimum absolute atomic E-state index is 0.0179. The molecule has 2 aromatic rings. The van der Waals surface area contributed by atoms with Gasteiger partial charge in [0.1, 0.15) is 0 Å². The van der Waals surface area contributed by atoms with E-state index in [1.807, 2.05) is 55.8 Å². The Hall–Kier alpha value is -2.63. The highest BCUT2D eigenvalue weighted by Gasteiger charge is 2.37. The zero-order valence-electron chi connectivity index (χ0n) is 14.8. The number of carboxylic acids is 1. The van der Waals surface area contributed by atoms with Crippen LogP contribution < -0.4 is 0 Å². The number of hydrogen-bond acceptors (Lipinski definition) is 3. The molecular weight excluding hydrogens is 318 g/mol. The normalized spacial score (nSPS) is 20.0. The predicted octanol–water partition coefficient (Wildman–Crippen LogP) is 2.21. The van der Waals surface area contributed by atoms with E-state index < -0.39 is 11.9 Å². The molecule has 1 aromatic heterocycles. The number of carbonyl (C=O) groups is 2. The average Bonchev–Trinajstić information content (AvgIpc) is 3.11. The third-order valence-electron chi connectivity index (χ3n) is 5.05. The van der Waals surface area contributed by atoms with Crippen LogP contribution in [0.15, 0.2) is 30.3 Å². The topological polar surface area (TPSA) is 75.4 Å². The van der Waals surface area contributed by atoms with Crippen molar-refractivity contribution in [2.24, 2.45) is 11.8 Å². The molecule has 1 fully saturated rings. The third-order valence-corrected chi connectivity index (χ3v) is 5.05. The number of aromatic nitrogens is 2. The van der Waals surface area contributed by atoms with E-state index >= 15 is 0 Å². The smallest absolute Gasteiger partial charge is 0.308 e. The van der Waals surface area contributed by atoms with Crippen LogP contribution in [-0.2, 0) is 16.0 Å². The number of carbonyl (C=O) groups excluding carboxylic acids is 1. The van der Waals surface area contributed by atoms with Gasteiger partial charge in [0.25, 0.3) is 0 Å². The van der Waals surface area contributed by atoms with E-state index in [1.165, 1.54) is 0 Å². The molecule has 132 valence electrons. The lowest BCUT2D eigenvalue weighted by molar-refractivity contribution is -0.142. The van der Waals surface area contributed by atoms with Crippen molar-refractivity contribution in [1.82, 2.24) is 14.7 Å². The molecule has 1 amide bonds. The van der Waals surface area contributed by atoms with Crippen LogP contribution in [0, 0.1) is 25.7 Å². The summed E-state index contributed by atoms with van der Waals surface area (Å²) in [4.78, 5) is 25.6. The zero-order chi connectivity index (χ0) is 18.1. The lowest BCUT2D eigenvalue weighted by Gasteiger charge is -2.16. The lowest BCUT2D eigenvalue weighted by Crippen LogP contribution is -2.31. The Bertz CT molecular complexity index is 798. The molecule has 1 saturated heterocycles. The Morgan fingerprint density at radius 2 is 1.88 bits per heavy atom.